The molecule has 1 aliphatic heterocycles. The van der Waals surface area contributed by atoms with E-state index in [-0.39, 0.29) is 17.4 Å². The predicted octanol–water partition coefficient (Wildman–Crippen LogP) is 5.16. The van der Waals surface area contributed by atoms with E-state index in [1.54, 1.807) is 12.1 Å². The van der Waals surface area contributed by atoms with E-state index in [9.17, 15) is 10.1 Å². The van der Waals surface area contributed by atoms with Gasteiger partial charge in [-0.1, -0.05) is 36.9 Å². The zero-order valence-corrected chi connectivity index (χ0v) is 18.7. The third-order valence-corrected chi connectivity index (χ3v) is 7.65. The van der Waals surface area contributed by atoms with Crippen LogP contribution >= 0.6 is 11.6 Å². The van der Waals surface area contributed by atoms with Crippen LogP contribution in [0.25, 0.3) is 22.0 Å². The van der Waals surface area contributed by atoms with E-state index in [1.165, 1.54) is 19.3 Å². The molecule has 1 aliphatic carbocycles. The second kappa shape index (κ2) is 8.14. The highest BCUT2D eigenvalue weighted by Crippen LogP contribution is 2.45. The van der Waals surface area contributed by atoms with Crippen LogP contribution in [0.1, 0.15) is 50.5 Å². The van der Waals surface area contributed by atoms with Crippen molar-refractivity contribution in [2.75, 3.05) is 11.4 Å². The van der Waals surface area contributed by atoms with Crippen molar-refractivity contribution in [3.05, 3.63) is 47.0 Å². The third-order valence-electron chi connectivity index (χ3n) is 7.33. The normalized spacial score (nSPS) is 20.4. The SMILES string of the molecule is N#Cc1ccc(Cl)c(-c2ccc3[nH]nc(N4CC(C(N)=O)CCC45CCCCC5)c3c2)c1. The van der Waals surface area contributed by atoms with Gasteiger partial charge in [-0.05, 0) is 61.6 Å². The van der Waals surface area contributed by atoms with Gasteiger partial charge in [0.15, 0.2) is 5.82 Å². The lowest BCUT2D eigenvalue weighted by Crippen LogP contribution is -2.57. The summed E-state index contributed by atoms with van der Waals surface area (Å²) >= 11 is 6.48. The molecule has 7 heteroatoms. The van der Waals surface area contributed by atoms with Crippen LogP contribution in [0.15, 0.2) is 36.4 Å². The van der Waals surface area contributed by atoms with Crippen molar-refractivity contribution in [3.63, 3.8) is 0 Å². The molecule has 0 bridgehead atoms. The molecule has 1 spiro atoms. The molecule has 1 saturated carbocycles. The van der Waals surface area contributed by atoms with Crippen molar-refractivity contribution in [3.8, 4) is 17.2 Å². The highest BCUT2D eigenvalue weighted by molar-refractivity contribution is 6.33. The summed E-state index contributed by atoms with van der Waals surface area (Å²) < 4.78 is 0. The number of halogens is 1. The number of H-pyrrole nitrogens is 1. The first kappa shape index (κ1) is 20.8. The average molecular weight is 448 g/mol. The number of hydrogen-bond donors (Lipinski definition) is 2. The topological polar surface area (TPSA) is 98.8 Å². The minimum absolute atomic E-state index is 0.0285. The zero-order valence-electron chi connectivity index (χ0n) is 17.9. The molecule has 32 heavy (non-hydrogen) atoms. The minimum atomic E-state index is -0.235. The summed E-state index contributed by atoms with van der Waals surface area (Å²) in [6.07, 6.45) is 7.68. The van der Waals surface area contributed by atoms with Gasteiger partial charge in [0.05, 0.1) is 23.1 Å². The molecular weight excluding hydrogens is 422 g/mol. The van der Waals surface area contributed by atoms with Crippen LogP contribution in [-0.4, -0.2) is 28.2 Å². The van der Waals surface area contributed by atoms with Crippen LogP contribution < -0.4 is 10.6 Å². The van der Waals surface area contributed by atoms with Gasteiger partial charge in [0, 0.05) is 28.1 Å². The van der Waals surface area contributed by atoms with E-state index in [2.05, 4.69) is 22.1 Å². The molecule has 164 valence electrons. The Morgan fingerprint density at radius 3 is 2.75 bits per heavy atom. The number of rotatable bonds is 3. The van der Waals surface area contributed by atoms with Gasteiger partial charge >= 0.3 is 0 Å². The minimum Gasteiger partial charge on any atom is -0.369 e. The maximum absolute atomic E-state index is 12.1. The first-order chi connectivity index (χ1) is 15.5. The molecule has 1 saturated heterocycles. The Hall–Kier alpha value is -3.04. The van der Waals surface area contributed by atoms with E-state index in [0.717, 1.165) is 53.5 Å². The van der Waals surface area contributed by atoms with Gasteiger partial charge in [-0.3, -0.25) is 9.89 Å². The number of nitrogens with zero attached hydrogens (tertiary/aromatic N) is 3. The largest absolute Gasteiger partial charge is 0.369 e. The lowest BCUT2D eigenvalue weighted by Gasteiger charge is -2.51. The first-order valence-electron chi connectivity index (χ1n) is 11.3. The number of carbonyl (C=O) groups is 1. The Morgan fingerprint density at radius 2 is 2.00 bits per heavy atom. The Bertz CT molecular complexity index is 1220. The van der Waals surface area contributed by atoms with Crippen molar-refractivity contribution in [2.24, 2.45) is 11.7 Å². The quantitative estimate of drug-likeness (QED) is 0.579. The Kier molecular flexibility index (Phi) is 5.30. The van der Waals surface area contributed by atoms with Crippen LogP contribution in [-0.2, 0) is 4.79 Å². The number of nitriles is 1. The molecule has 1 unspecified atom stereocenters. The number of hydrogen-bond acceptors (Lipinski definition) is 4. The lowest BCUT2D eigenvalue weighted by molar-refractivity contribution is -0.122. The summed E-state index contributed by atoms with van der Waals surface area (Å²) in [5.74, 6) is 0.475. The van der Waals surface area contributed by atoms with Crippen molar-refractivity contribution in [1.82, 2.24) is 10.2 Å². The molecule has 0 radical (unpaired) electrons. The molecule has 3 N–H and O–H groups in total. The molecule has 1 atom stereocenters. The van der Waals surface area contributed by atoms with E-state index >= 15 is 0 Å². The second-order valence-electron chi connectivity index (χ2n) is 9.15. The summed E-state index contributed by atoms with van der Waals surface area (Å²) in [6, 6.07) is 13.6. The maximum Gasteiger partial charge on any atom is 0.222 e. The van der Waals surface area contributed by atoms with E-state index < -0.39 is 0 Å². The third kappa shape index (κ3) is 3.51. The molecule has 2 aliphatic rings. The molecule has 2 heterocycles. The maximum atomic E-state index is 12.1. The van der Waals surface area contributed by atoms with Crippen molar-refractivity contribution >= 4 is 34.2 Å². The number of primary amides is 1. The highest BCUT2D eigenvalue weighted by Gasteiger charge is 2.44. The fourth-order valence-corrected chi connectivity index (χ4v) is 5.77. The molecule has 3 aromatic rings. The van der Waals surface area contributed by atoms with Gasteiger partial charge in [-0.15, -0.1) is 0 Å². The van der Waals surface area contributed by atoms with E-state index in [4.69, 9.17) is 22.4 Å². The van der Waals surface area contributed by atoms with Gasteiger partial charge in [0.2, 0.25) is 5.91 Å². The summed E-state index contributed by atoms with van der Waals surface area (Å²) in [7, 11) is 0. The number of nitrogens with two attached hydrogens (primary N) is 1. The van der Waals surface area contributed by atoms with Gasteiger partial charge < -0.3 is 10.6 Å². The number of nitrogens with one attached hydrogen (secondary N) is 1. The Labute approximate surface area is 192 Å². The van der Waals surface area contributed by atoms with Crippen LogP contribution in [0.4, 0.5) is 5.82 Å². The standard InChI is InChI=1S/C25H26ClN5O/c26-21-6-4-16(14-27)12-19(21)17-5-7-22-20(13-17)24(30-29-22)31-15-18(23(28)32)8-11-25(31)9-2-1-3-10-25/h4-7,12-13,18H,1-3,8-11,15H2,(H2,28,32)(H,29,30). The predicted molar refractivity (Wildman–Crippen MR) is 126 cm³/mol. The molecule has 1 aromatic heterocycles. The number of piperidine rings is 1. The molecule has 2 aromatic carbocycles. The zero-order chi connectivity index (χ0) is 22.3. The fourth-order valence-electron chi connectivity index (χ4n) is 5.55. The average Bonchev–Trinajstić information content (AvgIpc) is 3.23. The number of fused-ring (bicyclic) bond motifs is 1. The number of anilines is 1. The highest BCUT2D eigenvalue weighted by atomic mass is 35.5. The monoisotopic (exact) mass is 447 g/mol. The summed E-state index contributed by atoms with van der Waals surface area (Å²) in [5.41, 5.74) is 9.01. The number of aromatic amines is 1. The Morgan fingerprint density at radius 1 is 1.19 bits per heavy atom. The molecule has 1 amide bonds. The summed E-state index contributed by atoms with van der Waals surface area (Å²) in [6.45, 7) is 0.601. The Balaban J connectivity index is 1.62. The molecule has 5 rings (SSSR count). The van der Waals surface area contributed by atoms with Crippen molar-refractivity contribution < 1.29 is 4.79 Å². The number of benzene rings is 2. The first-order valence-corrected chi connectivity index (χ1v) is 11.6. The molecule has 2 fully saturated rings. The number of amides is 1. The van der Waals surface area contributed by atoms with Gasteiger partial charge in [0.1, 0.15) is 0 Å². The van der Waals surface area contributed by atoms with Crippen LogP contribution in [0.5, 0.6) is 0 Å². The van der Waals surface area contributed by atoms with Gasteiger partial charge in [0.25, 0.3) is 0 Å². The van der Waals surface area contributed by atoms with E-state index in [1.807, 2.05) is 18.2 Å². The molecular formula is C25H26ClN5O. The van der Waals surface area contributed by atoms with Crippen LogP contribution in [0.2, 0.25) is 5.02 Å². The second-order valence-corrected chi connectivity index (χ2v) is 9.55. The van der Waals surface area contributed by atoms with Gasteiger partial charge in [-0.25, -0.2) is 0 Å². The van der Waals surface area contributed by atoms with Crippen molar-refractivity contribution in [2.45, 2.75) is 50.5 Å². The lowest BCUT2D eigenvalue weighted by atomic mass is 9.72. The fraction of sp³-hybridized carbons (Fsp3) is 0.400. The van der Waals surface area contributed by atoms with Crippen molar-refractivity contribution in [1.29, 1.82) is 5.26 Å². The number of aromatic nitrogens is 2. The van der Waals surface area contributed by atoms with Gasteiger partial charge in [-0.2, -0.15) is 10.4 Å². The summed E-state index contributed by atoms with van der Waals surface area (Å²) in [4.78, 5) is 14.4. The summed E-state index contributed by atoms with van der Waals surface area (Å²) in [5, 5.41) is 18.8. The smallest absolute Gasteiger partial charge is 0.222 e. The number of carbonyl (C=O) groups excluding carboxylic acids is 1. The molecule has 6 nitrogen and oxygen atoms in total. The van der Waals surface area contributed by atoms with E-state index in [0.29, 0.717) is 17.1 Å². The van der Waals surface area contributed by atoms with Crippen LogP contribution in [0.3, 0.4) is 0 Å². The van der Waals surface area contributed by atoms with Crippen LogP contribution in [0, 0.1) is 17.2 Å².